The number of nitrogens with zero attached hydrogens (tertiary/aromatic N) is 2. The van der Waals surface area contributed by atoms with Crippen LogP contribution in [0.3, 0.4) is 0 Å². The Balaban J connectivity index is 2.34. The molecule has 27 heavy (non-hydrogen) atoms. The van der Waals surface area contributed by atoms with Gasteiger partial charge >= 0.3 is 12.5 Å². The molecule has 2 N–H and O–H groups in total. The lowest BCUT2D eigenvalue weighted by molar-refractivity contribution is -0.0695. The zero-order valence-electron chi connectivity index (χ0n) is 12.9. The average Bonchev–Trinajstić information content (AvgIpc) is 2.56. The van der Waals surface area contributed by atoms with E-state index in [4.69, 9.17) is 5.73 Å². The number of halogens is 6. The number of hydrogen-bond acceptors (Lipinski definition) is 5. The maximum absolute atomic E-state index is 13.9. The van der Waals surface area contributed by atoms with Gasteiger partial charge in [-0.05, 0) is 21.9 Å². The molecule has 1 heterocycles. The number of nitrogens with two attached hydrogens (primary N) is 1. The smallest absolute Gasteiger partial charge is 0.409 e. The normalized spacial score (nSPS) is 11.5. The molecule has 2 rings (SSSR count). The van der Waals surface area contributed by atoms with Gasteiger partial charge in [0, 0.05) is 12.1 Å². The molecule has 1 amide bonds. The fourth-order valence-electron chi connectivity index (χ4n) is 1.65. The van der Waals surface area contributed by atoms with E-state index >= 15 is 0 Å². The molecule has 1 unspecified atom stereocenters. The Morgan fingerprint density at radius 2 is 1.78 bits per heavy atom. The summed E-state index contributed by atoms with van der Waals surface area (Å²) in [4.78, 5) is 17.7. The summed E-state index contributed by atoms with van der Waals surface area (Å²) in [6.07, 6.45) is -6.78. The third-order valence-corrected chi connectivity index (χ3v) is 3.43. The molecule has 142 valence electrons. The van der Waals surface area contributed by atoms with Gasteiger partial charge in [0.25, 0.3) is 6.36 Å². The van der Waals surface area contributed by atoms with Gasteiger partial charge in [-0.3, -0.25) is 0 Å². The minimum atomic E-state index is -3.41. The largest absolute Gasteiger partial charge is 0.436 e. The quantitative estimate of drug-likeness (QED) is 0.569. The molecular weight excluding hydrogens is 445 g/mol. The number of aromatic nitrogens is 2. The maximum Gasteiger partial charge on any atom is 0.409 e. The molecule has 0 saturated heterocycles. The lowest BCUT2D eigenvalue weighted by Crippen LogP contribution is -2.20. The molecule has 1 aromatic heterocycles. The number of amides is 1. The van der Waals surface area contributed by atoms with Crippen LogP contribution in [0.5, 0.6) is 11.6 Å². The van der Waals surface area contributed by atoms with Crippen LogP contribution in [0.15, 0.2) is 22.9 Å². The number of primary amides is 1. The van der Waals surface area contributed by atoms with Crippen LogP contribution in [-0.2, 0) is 0 Å². The number of rotatable bonds is 4. The zero-order chi connectivity index (χ0) is 20.1. The van der Waals surface area contributed by atoms with Crippen molar-refractivity contribution in [2.75, 3.05) is 0 Å². The molecule has 2 aromatic rings. The first-order valence-corrected chi connectivity index (χ1v) is 7.56. The van der Waals surface area contributed by atoms with E-state index in [-0.39, 0.29) is 10.2 Å². The average molecular weight is 452 g/mol. The second-order valence-electron chi connectivity index (χ2n) is 4.58. The second-order valence-corrected chi connectivity index (χ2v) is 5.37. The summed E-state index contributed by atoms with van der Waals surface area (Å²) in [7, 11) is 0. The first kappa shape index (κ1) is 20.4. The summed E-state index contributed by atoms with van der Waals surface area (Å²) in [6, 6.07) is 1.36. The van der Waals surface area contributed by atoms with Gasteiger partial charge in [-0.15, -0.1) is 0 Å². The Kier molecular flexibility index (Phi) is 6.51. The Morgan fingerprint density at radius 3 is 2.33 bits per heavy atom. The van der Waals surface area contributed by atoms with E-state index < -0.39 is 47.7 Å². The van der Waals surface area contributed by atoms with Gasteiger partial charge in [0.15, 0.2) is 0 Å². The maximum atomic E-state index is 13.9. The van der Waals surface area contributed by atoms with Crippen molar-refractivity contribution in [2.24, 2.45) is 5.73 Å². The van der Waals surface area contributed by atoms with Crippen molar-refractivity contribution in [1.82, 2.24) is 9.97 Å². The Bertz CT molecular complexity index is 910. The van der Waals surface area contributed by atoms with Gasteiger partial charge in [0.05, 0.1) is 5.56 Å². The van der Waals surface area contributed by atoms with Crippen LogP contribution in [-0.4, -0.2) is 28.8 Å². The van der Waals surface area contributed by atoms with Crippen LogP contribution in [0.2, 0.25) is 0 Å². The van der Waals surface area contributed by atoms with Gasteiger partial charge in [0.1, 0.15) is 33.9 Å². The van der Waals surface area contributed by atoms with E-state index in [2.05, 4.69) is 47.2 Å². The van der Waals surface area contributed by atoms with Crippen molar-refractivity contribution in [3.63, 3.8) is 0 Å². The number of alkyl halides is 3. The molecule has 0 aliphatic rings. The third-order valence-electron chi connectivity index (χ3n) is 2.72. The number of benzene rings is 1. The zero-order valence-corrected chi connectivity index (χ0v) is 14.4. The molecule has 0 fully saturated rings. The number of hydrogen-bond donors (Lipinski definition) is 1. The summed E-state index contributed by atoms with van der Waals surface area (Å²) < 4.78 is 73.7. The third kappa shape index (κ3) is 5.27. The van der Waals surface area contributed by atoms with Crippen molar-refractivity contribution in [3.8, 4) is 23.5 Å². The lowest BCUT2D eigenvalue weighted by Gasteiger charge is -2.10. The fourth-order valence-corrected chi connectivity index (χ4v) is 2.04. The Labute approximate surface area is 156 Å². The molecule has 0 aliphatic carbocycles. The van der Waals surface area contributed by atoms with Crippen molar-refractivity contribution >= 4 is 22.0 Å². The van der Waals surface area contributed by atoms with Crippen molar-refractivity contribution in [1.29, 1.82) is 0 Å². The van der Waals surface area contributed by atoms with Gasteiger partial charge in [-0.25, -0.2) is 32.3 Å². The summed E-state index contributed by atoms with van der Waals surface area (Å²) >= 11 is 2.89. The number of ether oxygens (including phenoxy) is 2. The first-order chi connectivity index (χ1) is 12.7. The molecule has 12 heteroatoms. The molecule has 0 radical (unpaired) electrons. The van der Waals surface area contributed by atoms with Crippen LogP contribution in [0.4, 0.5) is 26.7 Å². The standard InChI is InChI=1S/C15H7BrF5N3O3/c16-11-10(23-5-24-14(11)27-13(21)12(19)20)2-1-7-8(17)3-6(4-9(7)18)26-15(22)25/h3-5,12-13H,(H2,22,25). The van der Waals surface area contributed by atoms with E-state index in [1.54, 1.807) is 0 Å². The topological polar surface area (TPSA) is 87.3 Å². The van der Waals surface area contributed by atoms with Gasteiger partial charge < -0.3 is 15.2 Å². The highest BCUT2D eigenvalue weighted by Gasteiger charge is 2.23. The van der Waals surface area contributed by atoms with Gasteiger partial charge in [0.2, 0.25) is 5.88 Å². The van der Waals surface area contributed by atoms with Crippen LogP contribution in [0, 0.1) is 23.5 Å². The van der Waals surface area contributed by atoms with Crippen LogP contribution in [0.1, 0.15) is 11.3 Å². The van der Waals surface area contributed by atoms with Gasteiger partial charge in [-0.2, -0.15) is 4.39 Å². The first-order valence-electron chi connectivity index (χ1n) is 6.76. The lowest BCUT2D eigenvalue weighted by atomic mass is 10.2. The molecule has 1 aromatic carbocycles. The number of carbonyl (C=O) groups excluding carboxylic acids is 1. The van der Waals surface area contributed by atoms with Crippen LogP contribution < -0.4 is 15.2 Å². The Hall–Kier alpha value is -2.94. The van der Waals surface area contributed by atoms with E-state index in [0.717, 1.165) is 6.33 Å². The predicted molar refractivity (Wildman–Crippen MR) is 83.8 cm³/mol. The van der Waals surface area contributed by atoms with Crippen molar-refractivity contribution in [3.05, 3.63) is 45.8 Å². The predicted octanol–water partition coefficient (Wildman–Crippen LogP) is 3.31. The van der Waals surface area contributed by atoms with E-state index in [0.29, 0.717) is 12.1 Å². The van der Waals surface area contributed by atoms with E-state index in [9.17, 15) is 26.7 Å². The summed E-state index contributed by atoms with van der Waals surface area (Å²) in [6.45, 7) is 0. The van der Waals surface area contributed by atoms with Crippen LogP contribution in [0.25, 0.3) is 0 Å². The van der Waals surface area contributed by atoms with Crippen LogP contribution >= 0.6 is 15.9 Å². The monoisotopic (exact) mass is 451 g/mol. The summed E-state index contributed by atoms with van der Waals surface area (Å²) in [5.74, 6) is 1.02. The molecular formula is C15H7BrF5N3O3. The minimum absolute atomic E-state index is 0.199. The number of carbonyl (C=O) groups is 1. The van der Waals surface area contributed by atoms with E-state index in [1.807, 2.05) is 0 Å². The molecule has 1 atom stereocenters. The second kappa shape index (κ2) is 8.63. The fraction of sp³-hybridized carbons (Fsp3) is 0.133. The molecule has 0 spiro atoms. The van der Waals surface area contributed by atoms with E-state index in [1.165, 1.54) is 0 Å². The highest BCUT2D eigenvalue weighted by atomic mass is 79.9. The molecule has 0 bridgehead atoms. The summed E-state index contributed by atoms with van der Waals surface area (Å²) in [5.41, 5.74) is 3.83. The Morgan fingerprint density at radius 1 is 1.15 bits per heavy atom. The van der Waals surface area contributed by atoms with Crippen molar-refractivity contribution < 1.29 is 36.2 Å². The highest BCUT2D eigenvalue weighted by Crippen LogP contribution is 2.27. The molecule has 6 nitrogen and oxygen atoms in total. The van der Waals surface area contributed by atoms with Crippen molar-refractivity contribution in [2.45, 2.75) is 12.8 Å². The molecule has 0 aliphatic heterocycles. The summed E-state index contributed by atoms with van der Waals surface area (Å²) in [5, 5.41) is 0. The highest BCUT2D eigenvalue weighted by molar-refractivity contribution is 9.10. The minimum Gasteiger partial charge on any atom is -0.436 e. The molecule has 0 saturated carbocycles. The SMILES string of the molecule is NC(=O)Oc1cc(F)c(C#Cc2ncnc(OC(F)C(F)F)c2Br)c(F)c1. The van der Waals surface area contributed by atoms with Gasteiger partial charge in [-0.1, -0.05) is 5.92 Å².